The number of aromatic nitrogens is 4. The molecule has 2 unspecified atom stereocenters. The third kappa shape index (κ3) is 5.03. The van der Waals surface area contributed by atoms with E-state index in [0.29, 0.717) is 11.2 Å². The van der Waals surface area contributed by atoms with Gasteiger partial charge in [-0.1, -0.05) is 42.5 Å². The maximum Gasteiger partial charge on any atom is 1.00 e. The van der Waals surface area contributed by atoms with Crippen LogP contribution in [0, 0.1) is 5.82 Å². The summed E-state index contributed by atoms with van der Waals surface area (Å²) >= 11 is 0. The first-order valence-corrected chi connectivity index (χ1v) is 9.57. The number of pyridine rings is 1. The van der Waals surface area contributed by atoms with Crippen LogP contribution in [-0.4, -0.2) is 48.4 Å². The second-order valence-corrected chi connectivity index (χ2v) is 7.12. The first-order chi connectivity index (χ1) is 14.9. The molecule has 2 atom stereocenters. The number of tetrazole rings is 1. The smallest absolute Gasteiger partial charge is 0.550 e. The molecule has 0 bridgehead atoms. The predicted molar refractivity (Wildman–Crippen MR) is 109 cm³/mol. The zero-order chi connectivity index (χ0) is 22.0. The van der Waals surface area contributed by atoms with Crippen LogP contribution in [0.1, 0.15) is 18.4 Å². The van der Waals surface area contributed by atoms with Gasteiger partial charge < -0.3 is 20.1 Å². The van der Waals surface area contributed by atoms with E-state index >= 15 is 0 Å². The average Bonchev–Trinajstić information content (AvgIpc) is 3.22. The van der Waals surface area contributed by atoms with Crippen molar-refractivity contribution in [1.82, 2.24) is 20.0 Å². The van der Waals surface area contributed by atoms with E-state index in [1.54, 1.807) is 22.7 Å². The summed E-state index contributed by atoms with van der Waals surface area (Å²) in [5.74, 6) is -1.76. The van der Waals surface area contributed by atoms with Crippen molar-refractivity contribution in [1.29, 1.82) is 0 Å². The Morgan fingerprint density at radius 3 is 2.59 bits per heavy atom. The summed E-state index contributed by atoms with van der Waals surface area (Å²) in [5.41, 5.74) is 3.25. The Morgan fingerprint density at radius 2 is 1.88 bits per heavy atom. The number of aliphatic hydroxyl groups excluding tert-OH is 2. The number of hydrogen-bond acceptors (Lipinski definition) is 7. The molecule has 158 valence electrons. The number of carbonyl (C=O) groups excluding carboxylic acids is 1. The van der Waals surface area contributed by atoms with Crippen LogP contribution in [0.3, 0.4) is 0 Å². The van der Waals surface area contributed by atoms with Crippen molar-refractivity contribution in [3.8, 4) is 11.1 Å². The predicted octanol–water partition coefficient (Wildman–Crippen LogP) is -1.65. The summed E-state index contributed by atoms with van der Waals surface area (Å²) in [6.45, 7) is 0. The van der Waals surface area contributed by atoms with E-state index in [1.165, 1.54) is 18.2 Å². The summed E-state index contributed by atoms with van der Waals surface area (Å²) in [5, 5.41) is 43.4. The van der Waals surface area contributed by atoms with Gasteiger partial charge >= 0.3 is 29.6 Å². The SMILES string of the molecule is O=C([O-])CC(O)CC(O)/C=C/c1c(-c2ccc(F)cc2)c2ccccc2n2nnnc12.[Na+]. The molecule has 32 heavy (non-hydrogen) atoms. The van der Waals surface area contributed by atoms with Gasteiger partial charge in [-0.3, -0.25) is 0 Å². The van der Waals surface area contributed by atoms with Crippen LogP contribution in [0.15, 0.2) is 54.6 Å². The number of rotatable bonds is 7. The van der Waals surface area contributed by atoms with E-state index in [9.17, 15) is 24.5 Å². The third-order valence-electron chi connectivity index (χ3n) is 4.92. The van der Waals surface area contributed by atoms with Crippen LogP contribution >= 0.6 is 0 Å². The molecule has 10 heteroatoms. The molecule has 8 nitrogen and oxygen atoms in total. The number of nitrogens with zero attached hydrogens (tertiary/aromatic N) is 4. The molecule has 4 rings (SSSR count). The number of halogens is 1. The van der Waals surface area contributed by atoms with Gasteiger partial charge in [-0.2, -0.15) is 4.52 Å². The summed E-state index contributed by atoms with van der Waals surface area (Å²) in [7, 11) is 0. The number of fused-ring (bicyclic) bond motifs is 3. The van der Waals surface area contributed by atoms with Gasteiger partial charge in [-0.25, -0.2) is 4.39 Å². The maximum absolute atomic E-state index is 13.5. The molecule has 0 saturated carbocycles. The van der Waals surface area contributed by atoms with E-state index in [-0.39, 0.29) is 41.8 Å². The van der Waals surface area contributed by atoms with Gasteiger partial charge in [0.2, 0.25) is 0 Å². The molecular weight excluding hydrogens is 426 g/mol. The second kappa shape index (κ2) is 10.3. The van der Waals surface area contributed by atoms with Gasteiger partial charge in [-0.15, -0.1) is 5.10 Å². The molecule has 4 aromatic rings. The number of aliphatic hydroxyl groups is 2. The monoisotopic (exact) mass is 444 g/mol. The molecule has 0 radical (unpaired) electrons. The Balaban J connectivity index is 0.00000289. The van der Waals surface area contributed by atoms with Crippen LogP contribution in [0.4, 0.5) is 4.39 Å². The van der Waals surface area contributed by atoms with Gasteiger partial charge in [0, 0.05) is 35.3 Å². The molecule has 0 spiro atoms. The number of aliphatic carboxylic acids is 1. The fraction of sp³-hybridized carbons (Fsp3) is 0.182. The molecule has 0 aliphatic heterocycles. The minimum absolute atomic E-state index is 0. The van der Waals surface area contributed by atoms with E-state index in [1.807, 2.05) is 24.3 Å². The number of carboxylic acids is 1. The number of carboxylic acid groups (broad SMARTS) is 1. The quantitative estimate of drug-likeness (QED) is 0.328. The van der Waals surface area contributed by atoms with Crippen LogP contribution in [-0.2, 0) is 4.79 Å². The number of para-hydroxylation sites is 1. The Morgan fingerprint density at radius 1 is 1.16 bits per heavy atom. The Labute approximate surface area is 204 Å². The first kappa shape index (κ1) is 24.0. The zero-order valence-electron chi connectivity index (χ0n) is 17.2. The molecule has 0 aliphatic rings. The normalized spacial score (nSPS) is 13.3. The van der Waals surface area contributed by atoms with Crippen LogP contribution < -0.4 is 34.7 Å². The second-order valence-electron chi connectivity index (χ2n) is 7.12. The maximum atomic E-state index is 13.5. The summed E-state index contributed by atoms with van der Waals surface area (Å²) in [4.78, 5) is 10.6. The first-order valence-electron chi connectivity index (χ1n) is 9.57. The average molecular weight is 444 g/mol. The Kier molecular flexibility index (Phi) is 7.70. The largest absolute Gasteiger partial charge is 1.00 e. The van der Waals surface area contributed by atoms with E-state index in [2.05, 4.69) is 15.5 Å². The Hall–Kier alpha value is -2.69. The van der Waals surface area contributed by atoms with E-state index < -0.39 is 24.6 Å². The van der Waals surface area contributed by atoms with Gasteiger partial charge in [-0.05, 0) is 34.2 Å². The molecule has 0 amide bonds. The zero-order valence-corrected chi connectivity index (χ0v) is 19.2. The number of benzene rings is 2. The van der Waals surface area contributed by atoms with Crippen molar-refractivity contribution in [2.45, 2.75) is 25.0 Å². The molecule has 2 N–H and O–H groups in total. The molecule has 0 saturated heterocycles. The van der Waals surface area contributed by atoms with Gasteiger partial charge in [0.1, 0.15) is 5.82 Å². The van der Waals surface area contributed by atoms with E-state index in [4.69, 9.17) is 0 Å². The number of hydrogen-bond donors (Lipinski definition) is 2. The van der Waals surface area contributed by atoms with Crippen molar-refractivity contribution in [3.63, 3.8) is 0 Å². The minimum Gasteiger partial charge on any atom is -0.550 e. The third-order valence-corrected chi connectivity index (χ3v) is 4.92. The van der Waals surface area contributed by atoms with Gasteiger partial charge in [0.05, 0.1) is 17.7 Å². The topological polar surface area (TPSA) is 124 Å². The molecule has 2 aromatic heterocycles. The molecule has 0 fully saturated rings. The van der Waals surface area contributed by atoms with Crippen LogP contribution in [0.2, 0.25) is 0 Å². The standard InChI is InChI=1S/C22H19FN4O4.Na/c23-14-7-5-13(6-8-14)21-17-3-1-2-4-19(17)27-22(24-25-26-27)18(21)10-9-15(28)11-16(29)12-20(30)31;/h1-10,15-16,28-29H,11-12H2,(H,30,31);/q;+1/p-1/b10-9+;. The fourth-order valence-electron chi connectivity index (χ4n) is 3.57. The molecule has 2 aromatic carbocycles. The van der Waals surface area contributed by atoms with Gasteiger partial charge in [0.15, 0.2) is 5.65 Å². The van der Waals surface area contributed by atoms with Crippen molar-refractivity contribution in [3.05, 3.63) is 66.0 Å². The summed E-state index contributed by atoms with van der Waals surface area (Å²) in [6, 6.07) is 13.5. The van der Waals surface area contributed by atoms with E-state index in [0.717, 1.165) is 22.0 Å². The summed E-state index contributed by atoms with van der Waals surface area (Å²) in [6.07, 6.45) is -0.0478. The fourth-order valence-corrected chi connectivity index (χ4v) is 3.57. The van der Waals surface area contributed by atoms with Crippen molar-refractivity contribution in [2.75, 3.05) is 0 Å². The van der Waals surface area contributed by atoms with Crippen LogP contribution in [0.5, 0.6) is 0 Å². The number of carbonyl (C=O) groups is 1. The molecule has 0 aliphatic carbocycles. The van der Waals surface area contributed by atoms with Crippen LogP contribution in [0.25, 0.3) is 33.8 Å². The van der Waals surface area contributed by atoms with Crippen molar-refractivity contribution < 1.29 is 54.1 Å². The summed E-state index contributed by atoms with van der Waals surface area (Å²) < 4.78 is 15.1. The minimum atomic E-state index is -1.40. The van der Waals surface area contributed by atoms with Gasteiger partial charge in [0.25, 0.3) is 0 Å². The van der Waals surface area contributed by atoms with Crippen molar-refractivity contribution in [2.24, 2.45) is 0 Å². The van der Waals surface area contributed by atoms with Crippen molar-refractivity contribution >= 4 is 28.6 Å². The molecular formula is C22H18FN4NaO4. The molecule has 2 heterocycles. The Bertz CT molecular complexity index is 1280.